The first kappa shape index (κ1) is 13.1. The zero-order valence-electron chi connectivity index (χ0n) is 10.4. The Morgan fingerprint density at radius 2 is 2.11 bits per heavy atom. The summed E-state index contributed by atoms with van der Waals surface area (Å²) in [5.74, 6) is 0. The van der Waals surface area contributed by atoms with Gasteiger partial charge in [-0.3, -0.25) is 4.98 Å². The van der Waals surface area contributed by atoms with Gasteiger partial charge in [-0.2, -0.15) is 0 Å². The zero-order chi connectivity index (χ0) is 12.8. The Bertz CT molecular complexity index is 485. The van der Waals surface area contributed by atoms with Crippen LogP contribution in [0.15, 0.2) is 48.7 Å². The predicted molar refractivity (Wildman–Crippen MR) is 75.8 cm³/mol. The Hall–Kier alpha value is -1.38. The van der Waals surface area contributed by atoms with Crippen LogP contribution in [-0.4, -0.2) is 11.5 Å². The average molecular weight is 261 g/mol. The van der Waals surface area contributed by atoms with Gasteiger partial charge in [-0.15, -0.1) is 0 Å². The van der Waals surface area contributed by atoms with E-state index in [4.69, 9.17) is 11.6 Å². The van der Waals surface area contributed by atoms with Crippen molar-refractivity contribution in [3.05, 3.63) is 64.9 Å². The lowest BCUT2D eigenvalue weighted by molar-refractivity contribution is 0.574. The molecule has 0 aliphatic carbocycles. The monoisotopic (exact) mass is 260 g/mol. The minimum atomic E-state index is 0.299. The molecule has 3 heteroatoms. The van der Waals surface area contributed by atoms with Crippen LogP contribution in [0.25, 0.3) is 0 Å². The fourth-order valence-corrected chi connectivity index (χ4v) is 2.06. The summed E-state index contributed by atoms with van der Waals surface area (Å²) in [4.78, 5) is 4.30. The number of hydrogen-bond donors (Lipinski definition) is 1. The molecule has 0 aliphatic rings. The molecule has 1 aromatic carbocycles. The van der Waals surface area contributed by atoms with E-state index in [0.29, 0.717) is 6.04 Å². The van der Waals surface area contributed by atoms with Crippen molar-refractivity contribution in [1.82, 2.24) is 10.3 Å². The Morgan fingerprint density at radius 3 is 2.83 bits per heavy atom. The van der Waals surface area contributed by atoms with Gasteiger partial charge in [-0.05, 0) is 36.8 Å². The van der Waals surface area contributed by atoms with Gasteiger partial charge in [-0.25, -0.2) is 0 Å². The summed E-state index contributed by atoms with van der Waals surface area (Å²) in [5, 5.41) is 4.26. The van der Waals surface area contributed by atoms with E-state index in [-0.39, 0.29) is 0 Å². The summed E-state index contributed by atoms with van der Waals surface area (Å²) in [5.41, 5.74) is 2.33. The molecule has 1 aromatic heterocycles. The van der Waals surface area contributed by atoms with Crippen LogP contribution in [0.5, 0.6) is 0 Å². The Kier molecular flexibility index (Phi) is 4.73. The van der Waals surface area contributed by atoms with Crippen LogP contribution in [0.1, 0.15) is 24.2 Å². The summed E-state index contributed by atoms with van der Waals surface area (Å²) in [6.07, 6.45) is 2.77. The smallest absolute Gasteiger partial charge is 0.0416 e. The third-order valence-corrected chi connectivity index (χ3v) is 3.14. The molecule has 0 amide bonds. The zero-order valence-corrected chi connectivity index (χ0v) is 11.2. The summed E-state index contributed by atoms with van der Waals surface area (Å²) in [6.45, 7) is 3.05. The van der Waals surface area contributed by atoms with Crippen molar-refractivity contribution in [3.8, 4) is 0 Å². The van der Waals surface area contributed by atoms with E-state index >= 15 is 0 Å². The number of pyridine rings is 1. The predicted octanol–water partition coefficient (Wildman–Crippen LogP) is 3.63. The van der Waals surface area contributed by atoms with Crippen LogP contribution in [0, 0.1) is 0 Å². The van der Waals surface area contributed by atoms with E-state index in [2.05, 4.69) is 23.3 Å². The first-order valence-corrected chi connectivity index (χ1v) is 6.52. The molecule has 0 bridgehead atoms. The lowest BCUT2D eigenvalue weighted by atomic mass is 10.1. The summed E-state index contributed by atoms with van der Waals surface area (Å²) >= 11 is 5.98. The number of hydrogen-bond acceptors (Lipinski definition) is 2. The van der Waals surface area contributed by atoms with E-state index in [1.807, 2.05) is 42.6 Å². The minimum absolute atomic E-state index is 0.299. The molecule has 0 fully saturated rings. The highest BCUT2D eigenvalue weighted by Gasteiger charge is 2.04. The number of nitrogens with zero attached hydrogens (tertiary/aromatic N) is 1. The molecule has 1 heterocycles. The van der Waals surface area contributed by atoms with Gasteiger partial charge < -0.3 is 5.32 Å². The van der Waals surface area contributed by atoms with Gasteiger partial charge in [0.15, 0.2) is 0 Å². The van der Waals surface area contributed by atoms with Gasteiger partial charge in [0, 0.05) is 35.9 Å². The lowest BCUT2D eigenvalue weighted by Crippen LogP contribution is -2.21. The van der Waals surface area contributed by atoms with Crippen LogP contribution in [0.2, 0.25) is 5.02 Å². The molecule has 0 saturated carbocycles. The normalized spacial score (nSPS) is 12.3. The summed E-state index contributed by atoms with van der Waals surface area (Å²) < 4.78 is 0. The largest absolute Gasteiger partial charge is 0.310 e. The molecule has 2 rings (SSSR count). The molecule has 0 aliphatic heterocycles. The highest BCUT2D eigenvalue weighted by Crippen LogP contribution is 2.17. The van der Waals surface area contributed by atoms with Crippen LogP contribution in [0.4, 0.5) is 0 Å². The number of nitrogens with one attached hydrogen (secondary N) is 1. The SMILES string of the molecule is CC(NCCc1ccccn1)c1cccc(Cl)c1. The molecule has 0 spiro atoms. The van der Waals surface area contributed by atoms with Crippen LogP contribution >= 0.6 is 11.6 Å². The van der Waals surface area contributed by atoms with Crippen LogP contribution in [0.3, 0.4) is 0 Å². The molecule has 1 N–H and O–H groups in total. The molecule has 1 atom stereocenters. The maximum Gasteiger partial charge on any atom is 0.0416 e. The molecular weight excluding hydrogens is 244 g/mol. The first-order chi connectivity index (χ1) is 8.75. The van der Waals surface area contributed by atoms with Crippen molar-refractivity contribution in [3.63, 3.8) is 0 Å². The van der Waals surface area contributed by atoms with Gasteiger partial charge in [0.1, 0.15) is 0 Å². The molecular formula is C15H17ClN2. The van der Waals surface area contributed by atoms with Crippen molar-refractivity contribution in [2.24, 2.45) is 0 Å². The van der Waals surface area contributed by atoms with Crippen molar-refractivity contribution in [1.29, 1.82) is 0 Å². The molecule has 1 unspecified atom stereocenters. The van der Waals surface area contributed by atoms with E-state index in [1.54, 1.807) is 0 Å². The van der Waals surface area contributed by atoms with Crippen molar-refractivity contribution < 1.29 is 0 Å². The van der Waals surface area contributed by atoms with E-state index in [9.17, 15) is 0 Å². The standard InChI is InChI=1S/C15H17ClN2/c1-12(13-5-4-6-14(16)11-13)17-10-8-15-7-2-3-9-18-15/h2-7,9,11-12,17H,8,10H2,1H3. The highest BCUT2D eigenvalue weighted by atomic mass is 35.5. The number of benzene rings is 1. The summed E-state index contributed by atoms with van der Waals surface area (Å²) in [7, 11) is 0. The van der Waals surface area contributed by atoms with Gasteiger partial charge in [0.05, 0.1) is 0 Å². The third kappa shape index (κ3) is 3.83. The first-order valence-electron chi connectivity index (χ1n) is 6.14. The lowest BCUT2D eigenvalue weighted by Gasteiger charge is -2.14. The average Bonchev–Trinajstić information content (AvgIpc) is 2.40. The second-order valence-corrected chi connectivity index (χ2v) is 4.74. The van der Waals surface area contributed by atoms with E-state index in [0.717, 1.165) is 23.7 Å². The van der Waals surface area contributed by atoms with E-state index in [1.165, 1.54) is 5.56 Å². The topological polar surface area (TPSA) is 24.9 Å². The molecule has 0 radical (unpaired) electrons. The maximum atomic E-state index is 5.98. The minimum Gasteiger partial charge on any atom is -0.310 e. The quantitative estimate of drug-likeness (QED) is 0.888. The van der Waals surface area contributed by atoms with Crippen molar-refractivity contribution in [2.75, 3.05) is 6.54 Å². The van der Waals surface area contributed by atoms with Crippen LogP contribution in [-0.2, 0) is 6.42 Å². The van der Waals surface area contributed by atoms with Crippen LogP contribution < -0.4 is 5.32 Å². The fourth-order valence-electron chi connectivity index (χ4n) is 1.86. The Labute approximate surface area is 113 Å². The summed E-state index contributed by atoms with van der Waals surface area (Å²) in [6, 6.07) is 14.3. The Balaban J connectivity index is 1.83. The maximum absolute atomic E-state index is 5.98. The van der Waals surface area contributed by atoms with Gasteiger partial charge in [0.2, 0.25) is 0 Å². The van der Waals surface area contributed by atoms with Gasteiger partial charge >= 0.3 is 0 Å². The van der Waals surface area contributed by atoms with E-state index < -0.39 is 0 Å². The molecule has 0 saturated heterocycles. The number of halogens is 1. The van der Waals surface area contributed by atoms with Crippen molar-refractivity contribution >= 4 is 11.6 Å². The second-order valence-electron chi connectivity index (χ2n) is 4.30. The van der Waals surface area contributed by atoms with Gasteiger partial charge in [-0.1, -0.05) is 29.8 Å². The second kappa shape index (κ2) is 6.53. The third-order valence-electron chi connectivity index (χ3n) is 2.91. The van der Waals surface area contributed by atoms with Crippen molar-refractivity contribution in [2.45, 2.75) is 19.4 Å². The molecule has 2 aromatic rings. The Morgan fingerprint density at radius 1 is 1.22 bits per heavy atom. The van der Waals surface area contributed by atoms with Gasteiger partial charge in [0.25, 0.3) is 0 Å². The molecule has 18 heavy (non-hydrogen) atoms. The number of rotatable bonds is 5. The fraction of sp³-hybridized carbons (Fsp3) is 0.267. The number of aromatic nitrogens is 1. The highest BCUT2D eigenvalue weighted by molar-refractivity contribution is 6.30. The molecule has 94 valence electrons. The molecule has 2 nitrogen and oxygen atoms in total.